The summed E-state index contributed by atoms with van der Waals surface area (Å²) in [5.74, 6) is -2.83. The number of ketones is 1. The third-order valence-electron chi connectivity index (χ3n) is 6.76. The second-order valence-electron chi connectivity index (χ2n) is 9.31. The summed E-state index contributed by atoms with van der Waals surface area (Å²) < 4.78 is 49.0. The maximum Gasteiger partial charge on any atom is 0.185 e. The number of ether oxygens (including phenoxy) is 1. The highest BCUT2D eigenvalue weighted by Crippen LogP contribution is 2.38. The Bertz CT molecular complexity index is 1220. The Hall–Kier alpha value is -3.10. The van der Waals surface area contributed by atoms with Crippen LogP contribution in [0.4, 0.5) is 13.2 Å². The molecule has 0 unspecified atom stereocenters. The van der Waals surface area contributed by atoms with Crippen molar-refractivity contribution in [1.82, 2.24) is 9.97 Å². The first-order valence-electron chi connectivity index (χ1n) is 11.6. The van der Waals surface area contributed by atoms with Gasteiger partial charge >= 0.3 is 0 Å². The standard InChI is InChI=1S/C27H28F3N3O2/c1-14-8-20(29)25(21(30)9-14)26-19(28)4-5-23(33-26)24(34)12-17-13-32-7-6-18(17)16-10-15(2)27(35-3)22(31)11-16/h4-9,13,15-16,22,27H,10-12,31H2,1-3H3/t15-,16+,22+,27-/m1/s1. The summed E-state index contributed by atoms with van der Waals surface area (Å²) >= 11 is 0. The number of benzene rings is 1. The summed E-state index contributed by atoms with van der Waals surface area (Å²) in [5, 5.41) is 0. The van der Waals surface area contributed by atoms with E-state index in [4.69, 9.17) is 10.5 Å². The molecule has 1 aliphatic rings. The normalized spacial score (nSPS) is 22.3. The summed E-state index contributed by atoms with van der Waals surface area (Å²) in [5.41, 5.74) is 7.20. The van der Waals surface area contributed by atoms with Crippen LogP contribution in [0.3, 0.4) is 0 Å². The van der Waals surface area contributed by atoms with Crippen LogP contribution in [0.1, 0.15) is 52.9 Å². The summed E-state index contributed by atoms with van der Waals surface area (Å²) in [6.07, 6.45) is 4.81. The van der Waals surface area contributed by atoms with E-state index in [1.165, 1.54) is 13.0 Å². The highest BCUT2D eigenvalue weighted by atomic mass is 19.1. The molecule has 1 fully saturated rings. The number of nitrogens with zero attached hydrogens (tertiary/aromatic N) is 2. The second-order valence-corrected chi connectivity index (χ2v) is 9.31. The van der Waals surface area contributed by atoms with Gasteiger partial charge in [-0.25, -0.2) is 18.2 Å². The number of methoxy groups -OCH3 is 1. The number of carbonyl (C=O) groups excluding carboxylic acids is 1. The molecule has 184 valence electrons. The van der Waals surface area contributed by atoms with E-state index < -0.39 is 34.5 Å². The zero-order chi connectivity index (χ0) is 25.3. The fraction of sp³-hybridized carbons (Fsp3) is 0.370. The van der Waals surface area contributed by atoms with E-state index in [1.54, 1.807) is 19.5 Å². The summed E-state index contributed by atoms with van der Waals surface area (Å²) in [7, 11) is 1.66. The molecule has 35 heavy (non-hydrogen) atoms. The van der Waals surface area contributed by atoms with Crippen molar-refractivity contribution < 1.29 is 22.7 Å². The van der Waals surface area contributed by atoms with Gasteiger partial charge in [-0.15, -0.1) is 0 Å². The Labute approximate surface area is 202 Å². The molecular formula is C27H28F3N3O2. The molecule has 1 aliphatic carbocycles. The highest BCUT2D eigenvalue weighted by Gasteiger charge is 2.35. The van der Waals surface area contributed by atoms with Crippen LogP contribution in [0.15, 0.2) is 42.7 Å². The fourth-order valence-corrected chi connectivity index (χ4v) is 5.17. The molecule has 3 aromatic rings. The summed E-state index contributed by atoms with van der Waals surface area (Å²) in [6.45, 7) is 3.63. The predicted octanol–water partition coefficient (Wildman–Crippen LogP) is 5.15. The number of nitrogens with two attached hydrogens (primary N) is 1. The first-order chi connectivity index (χ1) is 16.7. The lowest BCUT2D eigenvalue weighted by atomic mass is 9.73. The number of Topliss-reactive ketones (excluding diaryl/α,β-unsaturated/α-hetero) is 1. The van der Waals surface area contributed by atoms with Crippen LogP contribution in [-0.4, -0.2) is 35.0 Å². The van der Waals surface area contributed by atoms with Gasteiger partial charge in [-0.2, -0.15) is 0 Å². The van der Waals surface area contributed by atoms with E-state index in [1.807, 2.05) is 6.07 Å². The van der Waals surface area contributed by atoms with Crippen LogP contribution in [0.2, 0.25) is 0 Å². The van der Waals surface area contributed by atoms with Gasteiger partial charge in [0.25, 0.3) is 0 Å². The van der Waals surface area contributed by atoms with E-state index in [2.05, 4.69) is 16.9 Å². The lowest BCUT2D eigenvalue weighted by molar-refractivity contribution is 0.00970. The SMILES string of the molecule is CO[C@@H]1[C@H](C)C[C@H](c2ccncc2CC(=O)c2ccc(F)c(-c3c(F)cc(C)cc3F)n2)C[C@@H]1N. The number of pyridine rings is 2. The Kier molecular flexibility index (Phi) is 7.33. The minimum Gasteiger partial charge on any atom is -0.380 e. The average Bonchev–Trinajstić information content (AvgIpc) is 2.79. The molecule has 0 aliphatic heterocycles. The molecule has 2 aromatic heterocycles. The number of aromatic nitrogens is 2. The van der Waals surface area contributed by atoms with E-state index in [0.29, 0.717) is 12.0 Å². The van der Waals surface area contributed by atoms with Gasteiger partial charge in [0, 0.05) is 32.0 Å². The minimum atomic E-state index is -0.940. The Balaban J connectivity index is 1.62. The average molecular weight is 484 g/mol. The maximum absolute atomic E-state index is 14.5. The monoisotopic (exact) mass is 483 g/mol. The highest BCUT2D eigenvalue weighted by molar-refractivity contribution is 5.96. The molecule has 2 N–H and O–H groups in total. The molecule has 0 bridgehead atoms. The van der Waals surface area contributed by atoms with Crippen molar-refractivity contribution in [2.24, 2.45) is 11.7 Å². The van der Waals surface area contributed by atoms with Crippen LogP contribution >= 0.6 is 0 Å². The number of aryl methyl sites for hydroxylation is 1. The zero-order valence-electron chi connectivity index (χ0n) is 19.9. The van der Waals surface area contributed by atoms with Gasteiger partial charge in [0.2, 0.25) is 0 Å². The number of rotatable bonds is 6. The van der Waals surface area contributed by atoms with Gasteiger partial charge < -0.3 is 10.5 Å². The van der Waals surface area contributed by atoms with Gasteiger partial charge in [0.1, 0.15) is 28.8 Å². The number of carbonyl (C=O) groups is 1. The first kappa shape index (κ1) is 25.0. The van der Waals surface area contributed by atoms with Crippen LogP contribution in [0, 0.1) is 30.3 Å². The van der Waals surface area contributed by atoms with Crippen LogP contribution < -0.4 is 5.73 Å². The maximum atomic E-state index is 14.5. The van der Waals surface area contributed by atoms with Gasteiger partial charge in [0.15, 0.2) is 5.78 Å². The summed E-state index contributed by atoms with van der Waals surface area (Å²) in [4.78, 5) is 21.3. The molecular weight excluding hydrogens is 455 g/mol. The Morgan fingerprint density at radius 3 is 2.49 bits per heavy atom. The number of halogens is 3. The molecule has 8 heteroatoms. The molecule has 1 saturated carbocycles. The van der Waals surface area contributed by atoms with Crippen molar-refractivity contribution in [1.29, 1.82) is 0 Å². The van der Waals surface area contributed by atoms with E-state index in [9.17, 15) is 18.0 Å². The van der Waals surface area contributed by atoms with Crippen molar-refractivity contribution in [2.75, 3.05) is 7.11 Å². The van der Waals surface area contributed by atoms with Crippen LogP contribution in [-0.2, 0) is 11.2 Å². The van der Waals surface area contributed by atoms with Crippen molar-refractivity contribution >= 4 is 5.78 Å². The largest absolute Gasteiger partial charge is 0.380 e. The van der Waals surface area contributed by atoms with E-state index >= 15 is 0 Å². The topological polar surface area (TPSA) is 78.1 Å². The first-order valence-corrected chi connectivity index (χ1v) is 11.6. The van der Waals surface area contributed by atoms with Crippen molar-refractivity contribution in [3.05, 3.63) is 82.6 Å². The van der Waals surface area contributed by atoms with Gasteiger partial charge in [-0.05, 0) is 78.6 Å². The molecule has 1 aromatic carbocycles. The van der Waals surface area contributed by atoms with Gasteiger partial charge in [-0.3, -0.25) is 9.78 Å². The molecule has 0 saturated heterocycles. The number of hydrogen-bond acceptors (Lipinski definition) is 5. The molecule has 0 amide bonds. The molecule has 4 rings (SSSR count). The molecule has 0 radical (unpaired) electrons. The molecule has 2 heterocycles. The van der Waals surface area contributed by atoms with Crippen molar-refractivity contribution in [3.8, 4) is 11.3 Å². The summed E-state index contributed by atoms with van der Waals surface area (Å²) in [6, 6.07) is 6.18. The molecule has 4 atom stereocenters. The molecule has 5 nitrogen and oxygen atoms in total. The number of hydrogen-bond donors (Lipinski definition) is 1. The fourth-order valence-electron chi connectivity index (χ4n) is 5.17. The van der Waals surface area contributed by atoms with Crippen molar-refractivity contribution in [3.63, 3.8) is 0 Å². The third-order valence-corrected chi connectivity index (χ3v) is 6.76. The third kappa shape index (κ3) is 5.13. The van der Waals surface area contributed by atoms with Gasteiger partial charge in [0.05, 0.1) is 11.7 Å². The quantitative estimate of drug-likeness (QED) is 0.491. The lowest BCUT2D eigenvalue weighted by Gasteiger charge is -2.38. The van der Waals surface area contributed by atoms with Gasteiger partial charge in [-0.1, -0.05) is 6.92 Å². The zero-order valence-corrected chi connectivity index (χ0v) is 19.9. The smallest absolute Gasteiger partial charge is 0.185 e. The Morgan fingerprint density at radius 2 is 1.83 bits per heavy atom. The van der Waals surface area contributed by atoms with E-state index in [0.717, 1.165) is 35.7 Å². The second kappa shape index (κ2) is 10.3. The molecule has 0 spiro atoms. The lowest BCUT2D eigenvalue weighted by Crippen LogP contribution is -2.45. The van der Waals surface area contributed by atoms with Crippen LogP contribution in [0.5, 0.6) is 0 Å². The van der Waals surface area contributed by atoms with Crippen LogP contribution in [0.25, 0.3) is 11.3 Å². The Morgan fingerprint density at radius 1 is 1.11 bits per heavy atom. The predicted molar refractivity (Wildman–Crippen MR) is 126 cm³/mol. The minimum absolute atomic E-state index is 0.0254. The van der Waals surface area contributed by atoms with E-state index in [-0.39, 0.29) is 36.1 Å². The van der Waals surface area contributed by atoms with Crippen molar-refractivity contribution in [2.45, 2.75) is 51.2 Å².